The topological polar surface area (TPSA) is 96.1 Å². The number of anilines is 1. The van der Waals surface area contributed by atoms with E-state index >= 15 is 0 Å². The minimum Gasteiger partial charge on any atom is -0.379 e. The van der Waals surface area contributed by atoms with Gasteiger partial charge in [-0.25, -0.2) is 0 Å². The Bertz CT molecular complexity index is 1320. The van der Waals surface area contributed by atoms with Gasteiger partial charge in [-0.15, -0.1) is 21.5 Å². The van der Waals surface area contributed by atoms with Crippen LogP contribution in [0.4, 0.5) is 5.00 Å². The van der Waals surface area contributed by atoms with Gasteiger partial charge in [-0.1, -0.05) is 50.7 Å². The summed E-state index contributed by atoms with van der Waals surface area (Å²) in [7, 11) is 0. The molecule has 2 aliphatic rings. The zero-order valence-corrected chi connectivity index (χ0v) is 23.8. The second-order valence-corrected chi connectivity index (χ2v) is 13.0. The maximum atomic E-state index is 13.0. The number of hydrogen-bond acceptors (Lipinski definition) is 8. The second-order valence-electron chi connectivity index (χ2n) is 10.9. The molecule has 0 unspecified atom stereocenters. The number of carbonyl (C=O) groups is 1. The first kappa shape index (κ1) is 26.9. The number of carbonyl (C=O) groups excluding carboxylic acids is 1. The Balaban J connectivity index is 1.30. The van der Waals surface area contributed by atoms with Crippen LogP contribution in [0.2, 0.25) is 0 Å². The van der Waals surface area contributed by atoms with Crippen molar-refractivity contribution in [2.24, 2.45) is 11.3 Å². The van der Waals surface area contributed by atoms with Crippen molar-refractivity contribution < 1.29 is 9.53 Å². The highest BCUT2D eigenvalue weighted by Crippen LogP contribution is 2.44. The van der Waals surface area contributed by atoms with Gasteiger partial charge >= 0.3 is 0 Å². The van der Waals surface area contributed by atoms with E-state index in [1.54, 1.807) is 11.3 Å². The third-order valence-corrected chi connectivity index (χ3v) is 9.47. The van der Waals surface area contributed by atoms with Crippen molar-refractivity contribution in [1.29, 1.82) is 5.26 Å². The number of aromatic nitrogens is 3. The van der Waals surface area contributed by atoms with Crippen LogP contribution in [0.1, 0.15) is 49.0 Å². The number of nitrogens with zero attached hydrogens (tertiary/aromatic N) is 5. The zero-order chi connectivity index (χ0) is 26.7. The van der Waals surface area contributed by atoms with Crippen molar-refractivity contribution in [3.63, 3.8) is 0 Å². The largest absolute Gasteiger partial charge is 0.379 e. The molecule has 1 N–H and O–H groups in total. The molecule has 1 amide bonds. The molecule has 200 valence electrons. The van der Waals surface area contributed by atoms with Crippen LogP contribution in [0.15, 0.2) is 35.5 Å². The van der Waals surface area contributed by atoms with Crippen molar-refractivity contribution in [2.75, 3.05) is 37.4 Å². The number of nitriles is 1. The lowest BCUT2D eigenvalue weighted by Crippen LogP contribution is -2.36. The SMILES string of the molecule is CC(C)(C)[C@H]1CCc2c(sc(NC(=O)CSc3nnc(CN4CCOCC4)n3-c3ccccc3)c2C#N)C1. The van der Waals surface area contributed by atoms with Crippen LogP contribution >= 0.6 is 23.1 Å². The van der Waals surface area contributed by atoms with E-state index in [4.69, 9.17) is 4.74 Å². The molecule has 10 heteroatoms. The number of hydrogen-bond donors (Lipinski definition) is 1. The molecule has 1 fully saturated rings. The normalized spacial score (nSPS) is 18.1. The van der Waals surface area contributed by atoms with Gasteiger partial charge in [0.2, 0.25) is 5.91 Å². The molecule has 1 saturated heterocycles. The third kappa shape index (κ3) is 5.96. The first-order valence-corrected chi connectivity index (χ1v) is 14.9. The number of nitrogens with one attached hydrogen (secondary N) is 1. The summed E-state index contributed by atoms with van der Waals surface area (Å²) >= 11 is 2.93. The minimum absolute atomic E-state index is 0.144. The van der Waals surface area contributed by atoms with E-state index < -0.39 is 0 Å². The molecule has 3 aromatic rings. The highest BCUT2D eigenvalue weighted by molar-refractivity contribution is 7.99. The van der Waals surface area contributed by atoms with Gasteiger partial charge in [0, 0.05) is 23.7 Å². The van der Waals surface area contributed by atoms with Crippen LogP contribution in [0.5, 0.6) is 0 Å². The number of ether oxygens (including phenoxy) is 1. The molecule has 0 spiro atoms. The molecular weight excluding hydrogens is 516 g/mol. The maximum absolute atomic E-state index is 13.0. The van der Waals surface area contributed by atoms with E-state index in [0.717, 1.165) is 62.6 Å². The summed E-state index contributed by atoms with van der Waals surface area (Å²) in [6, 6.07) is 12.4. The number of para-hydroxylation sites is 1. The number of benzene rings is 1. The Hall–Kier alpha value is -2.71. The van der Waals surface area contributed by atoms with Crippen LogP contribution in [-0.4, -0.2) is 57.6 Å². The van der Waals surface area contributed by atoms with Crippen LogP contribution in [0.25, 0.3) is 5.69 Å². The third-order valence-electron chi connectivity index (χ3n) is 7.37. The van der Waals surface area contributed by atoms with Gasteiger partial charge in [-0.05, 0) is 48.3 Å². The molecule has 8 nitrogen and oxygen atoms in total. The summed E-state index contributed by atoms with van der Waals surface area (Å²) in [5.41, 5.74) is 2.95. The lowest BCUT2D eigenvalue weighted by Gasteiger charge is -2.33. The van der Waals surface area contributed by atoms with Crippen molar-refractivity contribution in [2.45, 2.75) is 51.7 Å². The Morgan fingerprint density at radius 3 is 2.71 bits per heavy atom. The lowest BCUT2D eigenvalue weighted by molar-refractivity contribution is -0.113. The molecule has 38 heavy (non-hydrogen) atoms. The summed E-state index contributed by atoms with van der Waals surface area (Å²) in [6.07, 6.45) is 2.94. The van der Waals surface area contributed by atoms with Gasteiger partial charge in [0.05, 0.1) is 31.1 Å². The molecule has 3 heterocycles. The van der Waals surface area contributed by atoms with E-state index in [2.05, 4.69) is 47.3 Å². The maximum Gasteiger partial charge on any atom is 0.235 e. The monoisotopic (exact) mass is 550 g/mol. The molecule has 1 aliphatic carbocycles. The zero-order valence-electron chi connectivity index (χ0n) is 22.2. The summed E-state index contributed by atoms with van der Waals surface area (Å²) in [5.74, 6) is 1.46. The van der Waals surface area contributed by atoms with Gasteiger partial charge in [0.25, 0.3) is 0 Å². The summed E-state index contributed by atoms with van der Waals surface area (Å²) in [4.78, 5) is 16.6. The Morgan fingerprint density at radius 1 is 1.24 bits per heavy atom. The van der Waals surface area contributed by atoms with Crippen LogP contribution in [0.3, 0.4) is 0 Å². The molecule has 0 bridgehead atoms. The van der Waals surface area contributed by atoms with Crippen molar-refractivity contribution in [1.82, 2.24) is 19.7 Å². The predicted octanol–water partition coefficient (Wildman–Crippen LogP) is 4.91. The van der Waals surface area contributed by atoms with Gasteiger partial charge in [0.1, 0.15) is 11.1 Å². The van der Waals surface area contributed by atoms with Gasteiger partial charge in [-0.3, -0.25) is 14.3 Å². The average Bonchev–Trinajstić information content (AvgIpc) is 3.47. The number of thioether (sulfide) groups is 1. The number of morpholine rings is 1. The highest BCUT2D eigenvalue weighted by atomic mass is 32.2. The number of amides is 1. The fourth-order valence-corrected chi connectivity index (χ4v) is 7.18. The fourth-order valence-electron chi connectivity index (χ4n) is 5.12. The van der Waals surface area contributed by atoms with E-state index in [-0.39, 0.29) is 17.1 Å². The Labute approximate surface area is 232 Å². The molecule has 1 atom stereocenters. The second kappa shape index (κ2) is 11.6. The molecule has 1 aliphatic heterocycles. The van der Waals surface area contributed by atoms with Crippen molar-refractivity contribution in [3.05, 3.63) is 52.2 Å². The fraction of sp³-hybridized carbons (Fsp3) is 0.500. The minimum atomic E-state index is -0.144. The summed E-state index contributed by atoms with van der Waals surface area (Å²) in [6.45, 7) is 10.7. The van der Waals surface area contributed by atoms with Crippen LogP contribution in [0, 0.1) is 22.7 Å². The number of rotatable bonds is 7. The Morgan fingerprint density at radius 2 is 2.00 bits per heavy atom. The molecule has 2 aromatic heterocycles. The highest BCUT2D eigenvalue weighted by Gasteiger charge is 2.32. The molecule has 5 rings (SSSR count). The summed E-state index contributed by atoms with van der Waals surface area (Å²) in [5, 5.41) is 23.2. The standard InChI is InChI=1S/C28H34N6O2S2/c1-28(2,3)19-9-10-21-22(16-29)26(38-23(21)15-19)30-25(35)18-37-27-32-31-24(17-33-11-13-36-14-12-33)34(27)20-7-5-4-6-8-20/h4-8,19H,9-15,17-18H2,1-3H3,(H,30,35)/t19-/m0/s1. The number of fused-ring (bicyclic) bond motifs is 1. The first-order chi connectivity index (χ1) is 18.3. The molecular formula is C28H34N6O2S2. The molecule has 0 radical (unpaired) electrons. The quantitative estimate of drug-likeness (QED) is 0.418. The van der Waals surface area contributed by atoms with Crippen LogP contribution in [-0.2, 0) is 28.9 Å². The van der Waals surface area contributed by atoms with E-state index in [1.807, 2.05) is 34.9 Å². The van der Waals surface area contributed by atoms with Crippen molar-refractivity contribution >= 4 is 34.0 Å². The van der Waals surface area contributed by atoms with Crippen LogP contribution < -0.4 is 5.32 Å². The van der Waals surface area contributed by atoms with E-state index in [1.165, 1.54) is 16.6 Å². The van der Waals surface area contributed by atoms with E-state index in [0.29, 0.717) is 28.2 Å². The van der Waals surface area contributed by atoms with Gasteiger partial charge < -0.3 is 10.1 Å². The average molecular weight is 551 g/mol. The Kier molecular flexibility index (Phi) is 8.19. The van der Waals surface area contributed by atoms with Crippen molar-refractivity contribution in [3.8, 4) is 11.8 Å². The number of thiophene rings is 1. The molecule has 0 saturated carbocycles. The smallest absolute Gasteiger partial charge is 0.235 e. The first-order valence-electron chi connectivity index (χ1n) is 13.1. The van der Waals surface area contributed by atoms with Gasteiger partial charge in [0.15, 0.2) is 11.0 Å². The lowest BCUT2D eigenvalue weighted by atomic mass is 9.72. The van der Waals surface area contributed by atoms with Gasteiger partial charge in [-0.2, -0.15) is 5.26 Å². The predicted molar refractivity (Wildman–Crippen MR) is 151 cm³/mol. The molecule has 1 aromatic carbocycles. The summed E-state index contributed by atoms with van der Waals surface area (Å²) < 4.78 is 7.51. The van der Waals surface area contributed by atoms with E-state index in [9.17, 15) is 10.1 Å².